The minimum absolute atomic E-state index is 0.180. The molecule has 1 aliphatic rings. The minimum atomic E-state index is -3.51. The van der Waals surface area contributed by atoms with E-state index in [9.17, 15) is 22.7 Å². The van der Waals surface area contributed by atoms with Gasteiger partial charge in [0.25, 0.3) is 0 Å². The van der Waals surface area contributed by atoms with Crippen molar-refractivity contribution in [3.8, 4) is 5.88 Å². The lowest BCUT2D eigenvalue weighted by molar-refractivity contribution is 0.181. The molecule has 0 bridgehead atoms. The fourth-order valence-electron chi connectivity index (χ4n) is 4.69. The summed E-state index contributed by atoms with van der Waals surface area (Å²) < 4.78 is 45.2. The second-order valence-corrected chi connectivity index (χ2v) is 11.9. The molecular formula is C29H30FN5O5S. The van der Waals surface area contributed by atoms with Crippen LogP contribution in [0.5, 0.6) is 5.88 Å². The summed E-state index contributed by atoms with van der Waals surface area (Å²) in [5.41, 5.74) is 3.48. The van der Waals surface area contributed by atoms with E-state index in [1.165, 1.54) is 27.6 Å². The normalized spacial score (nSPS) is 14.2. The number of aromatic amines is 1. The number of nitrogens with one attached hydrogen (secondary N) is 1. The van der Waals surface area contributed by atoms with E-state index in [-0.39, 0.29) is 12.4 Å². The van der Waals surface area contributed by atoms with Crippen molar-refractivity contribution in [1.29, 1.82) is 0 Å². The molecule has 214 valence electrons. The molecule has 1 amide bonds. The molecule has 0 unspecified atom stereocenters. The number of aromatic hydroxyl groups is 1. The molecule has 1 aromatic heterocycles. The Morgan fingerprint density at radius 2 is 1.78 bits per heavy atom. The van der Waals surface area contributed by atoms with Crippen LogP contribution < -0.4 is 9.21 Å². The number of aliphatic imine (C=N–C) groups is 1. The number of benzene rings is 3. The van der Waals surface area contributed by atoms with Gasteiger partial charge in [-0.15, -0.1) is 0 Å². The Kier molecular flexibility index (Phi) is 7.70. The smallest absolute Gasteiger partial charge is 0.414 e. The van der Waals surface area contributed by atoms with Gasteiger partial charge < -0.3 is 19.7 Å². The number of carbonyl (C=O) groups excluding carboxylic acids is 1. The number of halogens is 1. The van der Waals surface area contributed by atoms with Crippen LogP contribution in [0.4, 0.5) is 26.2 Å². The van der Waals surface area contributed by atoms with E-state index in [4.69, 9.17) is 9.73 Å². The summed E-state index contributed by atoms with van der Waals surface area (Å²) >= 11 is 0. The van der Waals surface area contributed by atoms with Gasteiger partial charge >= 0.3 is 6.09 Å². The summed E-state index contributed by atoms with van der Waals surface area (Å²) in [6, 6.07) is 18.0. The molecule has 10 nitrogen and oxygen atoms in total. The van der Waals surface area contributed by atoms with Crippen LogP contribution in [0.25, 0.3) is 10.9 Å². The zero-order valence-corrected chi connectivity index (χ0v) is 23.7. The van der Waals surface area contributed by atoms with Crippen LogP contribution in [0, 0.1) is 5.82 Å². The molecule has 3 aromatic carbocycles. The number of ether oxygens (including phenoxy) is 1. The number of likely N-dealkylation sites (N-methyl/N-ethyl adjacent to an activating group) is 1. The molecule has 4 aromatic rings. The van der Waals surface area contributed by atoms with Crippen molar-refractivity contribution in [3.63, 3.8) is 0 Å². The Balaban J connectivity index is 1.58. The van der Waals surface area contributed by atoms with E-state index >= 15 is 0 Å². The number of H-pyrrole nitrogens is 1. The number of aromatic nitrogens is 1. The van der Waals surface area contributed by atoms with E-state index in [2.05, 4.69) is 4.98 Å². The Labute approximate surface area is 237 Å². The van der Waals surface area contributed by atoms with Gasteiger partial charge in [-0.3, -0.25) is 9.21 Å². The number of carbonyl (C=O) groups is 1. The third kappa shape index (κ3) is 6.03. The Morgan fingerprint density at radius 1 is 1.07 bits per heavy atom. The molecule has 0 radical (unpaired) electrons. The number of sulfonamides is 1. The monoisotopic (exact) mass is 579 g/mol. The summed E-state index contributed by atoms with van der Waals surface area (Å²) in [5.74, 6) is -0.633. The van der Waals surface area contributed by atoms with Crippen LogP contribution in [0.2, 0.25) is 0 Å². The number of cyclic esters (lactones) is 1. The number of rotatable bonds is 9. The van der Waals surface area contributed by atoms with Crippen molar-refractivity contribution in [3.05, 3.63) is 83.7 Å². The first-order valence-electron chi connectivity index (χ1n) is 12.9. The molecule has 1 fully saturated rings. The van der Waals surface area contributed by atoms with Gasteiger partial charge in [0.2, 0.25) is 10.0 Å². The van der Waals surface area contributed by atoms with Gasteiger partial charge in [0.05, 0.1) is 41.0 Å². The molecule has 1 saturated heterocycles. The van der Waals surface area contributed by atoms with Crippen LogP contribution in [-0.2, 0) is 14.8 Å². The fourth-order valence-corrected chi connectivity index (χ4v) is 5.60. The standard InChI is InChI=1S/C29H30FN5O5S/c1-33(2)14-15-35(41(3,38)39)23-11-7-21(8-12-23)31-27(26-24-13-6-20(30)18-25(24)32-28(26)36)19-4-9-22(10-5-19)34-16-17-40-29(34)37/h4-13,18,32,36H,14-17H2,1-3H3. The molecular weight excluding hydrogens is 549 g/mol. The van der Waals surface area contributed by atoms with Gasteiger partial charge in [-0.2, -0.15) is 0 Å². The first-order valence-corrected chi connectivity index (χ1v) is 14.7. The Morgan fingerprint density at radius 3 is 2.39 bits per heavy atom. The third-order valence-corrected chi connectivity index (χ3v) is 7.91. The largest absolute Gasteiger partial charge is 0.494 e. The van der Waals surface area contributed by atoms with Crippen molar-refractivity contribution in [2.75, 3.05) is 55.8 Å². The topological polar surface area (TPSA) is 119 Å². The molecule has 41 heavy (non-hydrogen) atoms. The predicted molar refractivity (Wildman–Crippen MR) is 158 cm³/mol. The highest BCUT2D eigenvalue weighted by molar-refractivity contribution is 7.92. The quantitative estimate of drug-likeness (QED) is 0.283. The maximum Gasteiger partial charge on any atom is 0.414 e. The molecule has 0 aliphatic carbocycles. The first kappa shape index (κ1) is 28.1. The van der Waals surface area contributed by atoms with Gasteiger partial charge in [0, 0.05) is 29.7 Å². The summed E-state index contributed by atoms with van der Waals surface area (Å²) in [6.45, 7) is 1.59. The molecule has 0 atom stereocenters. The lowest BCUT2D eigenvalue weighted by atomic mass is 10.00. The molecule has 12 heteroatoms. The lowest BCUT2D eigenvalue weighted by Crippen LogP contribution is -2.35. The van der Waals surface area contributed by atoms with Crippen molar-refractivity contribution in [2.45, 2.75) is 0 Å². The van der Waals surface area contributed by atoms with Crippen molar-refractivity contribution in [1.82, 2.24) is 9.88 Å². The van der Waals surface area contributed by atoms with E-state index in [1.54, 1.807) is 54.6 Å². The summed E-state index contributed by atoms with van der Waals surface area (Å²) in [4.78, 5) is 23.1. The maximum absolute atomic E-state index is 13.9. The summed E-state index contributed by atoms with van der Waals surface area (Å²) in [7, 11) is 0.235. The zero-order chi connectivity index (χ0) is 29.3. The average Bonchev–Trinajstić information content (AvgIpc) is 3.49. The predicted octanol–water partition coefficient (Wildman–Crippen LogP) is 4.47. The van der Waals surface area contributed by atoms with Gasteiger partial charge in [0.15, 0.2) is 5.88 Å². The Bertz CT molecular complexity index is 1720. The van der Waals surface area contributed by atoms with Crippen LogP contribution in [0.15, 0.2) is 71.7 Å². The van der Waals surface area contributed by atoms with Gasteiger partial charge in [-0.25, -0.2) is 22.6 Å². The minimum Gasteiger partial charge on any atom is -0.494 e. The van der Waals surface area contributed by atoms with Crippen molar-refractivity contribution >= 4 is 49.8 Å². The molecule has 0 saturated carbocycles. The van der Waals surface area contributed by atoms with Crippen molar-refractivity contribution in [2.24, 2.45) is 4.99 Å². The maximum atomic E-state index is 13.9. The van der Waals surface area contributed by atoms with E-state index in [1.807, 2.05) is 19.0 Å². The zero-order valence-electron chi connectivity index (χ0n) is 22.8. The van der Waals surface area contributed by atoms with Crippen molar-refractivity contribution < 1.29 is 27.4 Å². The average molecular weight is 580 g/mol. The van der Waals surface area contributed by atoms with Crippen LogP contribution in [0.3, 0.4) is 0 Å². The lowest BCUT2D eigenvalue weighted by Gasteiger charge is -2.24. The SMILES string of the molecule is CN(C)CCN(c1ccc(N=C(c2ccc(N3CCOC3=O)cc2)c2c(O)[nH]c3cc(F)ccc23)cc1)S(C)(=O)=O. The van der Waals surface area contributed by atoms with E-state index in [0.29, 0.717) is 64.5 Å². The highest BCUT2D eigenvalue weighted by Gasteiger charge is 2.25. The number of hydrogen-bond acceptors (Lipinski definition) is 7. The highest BCUT2D eigenvalue weighted by Crippen LogP contribution is 2.33. The summed E-state index contributed by atoms with van der Waals surface area (Å²) in [6.07, 6.45) is 0.748. The van der Waals surface area contributed by atoms with Crippen LogP contribution in [-0.4, -0.2) is 81.8 Å². The fraction of sp³-hybridized carbons (Fsp3) is 0.241. The highest BCUT2D eigenvalue weighted by atomic mass is 32.2. The third-order valence-electron chi connectivity index (χ3n) is 6.72. The molecule has 2 heterocycles. The summed E-state index contributed by atoms with van der Waals surface area (Å²) in [5, 5.41) is 11.5. The number of anilines is 2. The van der Waals surface area contributed by atoms with E-state index in [0.717, 1.165) is 0 Å². The second kappa shape index (κ2) is 11.2. The second-order valence-electron chi connectivity index (χ2n) is 9.97. The first-order chi connectivity index (χ1) is 19.5. The number of hydrogen-bond donors (Lipinski definition) is 2. The molecule has 5 rings (SSSR count). The number of nitrogens with zero attached hydrogens (tertiary/aromatic N) is 4. The molecule has 0 spiro atoms. The van der Waals surface area contributed by atoms with E-state index < -0.39 is 21.9 Å². The molecule has 2 N–H and O–H groups in total. The van der Waals surface area contributed by atoms with Gasteiger partial charge in [0.1, 0.15) is 12.4 Å². The number of fused-ring (bicyclic) bond motifs is 1. The van der Waals surface area contributed by atoms with Crippen LogP contribution >= 0.6 is 0 Å². The Hall–Kier alpha value is -4.42. The molecule has 1 aliphatic heterocycles. The van der Waals surface area contributed by atoms with Gasteiger partial charge in [-0.1, -0.05) is 12.1 Å². The number of amides is 1. The van der Waals surface area contributed by atoms with Gasteiger partial charge in [-0.05, 0) is 68.7 Å². The van der Waals surface area contributed by atoms with Crippen LogP contribution in [0.1, 0.15) is 11.1 Å².